The summed E-state index contributed by atoms with van der Waals surface area (Å²) in [7, 11) is -3.99. The van der Waals surface area contributed by atoms with Crippen molar-refractivity contribution in [3.05, 3.63) is 53.6 Å². The van der Waals surface area contributed by atoms with Gasteiger partial charge in [0.2, 0.25) is 11.8 Å². The van der Waals surface area contributed by atoms with E-state index in [1.54, 1.807) is 43.3 Å². The molecule has 5 rings (SSSR count). The van der Waals surface area contributed by atoms with Crippen LogP contribution in [0.1, 0.15) is 43.2 Å². The Kier molecular flexibility index (Phi) is 6.55. The molecule has 1 aliphatic heterocycles. The Morgan fingerprint density at radius 2 is 1.75 bits per heavy atom. The summed E-state index contributed by atoms with van der Waals surface area (Å²) in [5, 5.41) is 20.7. The molecule has 0 spiro atoms. The van der Waals surface area contributed by atoms with E-state index in [0.717, 1.165) is 0 Å². The highest BCUT2D eigenvalue weighted by atomic mass is 32.2. The lowest BCUT2D eigenvalue weighted by molar-refractivity contribution is -0.200. The van der Waals surface area contributed by atoms with Crippen molar-refractivity contribution in [2.45, 2.75) is 66.9 Å². The lowest BCUT2D eigenvalue weighted by Crippen LogP contribution is -2.56. The summed E-state index contributed by atoms with van der Waals surface area (Å²) in [6, 6.07) is 14.3. The number of halogens is 3. The number of hydrogen-bond donors (Lipinski definition) is 1. The molecule has 8 nitrogen and oxygen atoms in total. The van der Waals surface area contributed by atoms with Gasteiger partial charge in [-0.3, -0.25) is 14.5 Å². The highest BCUT2D eigenvalue weighted by molar-refractivity contribution is 7.92. The van der Waals surface area contributed by atoms with E-state index in [1.807, 2.05) is 6.07 Å². The van der Waals surface area contributed by atoms with E-state index in [0.29, 0.717) is 27.2 Å². The fraction of sp³-hybridized carbons (Fsp3) is 0.429. The number of amides is 2. The van der Waals surface area contributed by atoms with Gasteiger partial charge in [0.05, 0.1) is 33.9 Å². The third-order valence-corrected chi connectivity index (χ3v) is 10.5. The molecule has 2 atom stereocenters. The zero-order valence-corrected chi connectivity index (χ0v) is 22.3. The smallest absolute Gasteiger partial charge is 0.304 e. The summed E-state index contributed by atoms with van der Waals surface area (Å²) in [4.78, 5) is 27.1. The maximum Gasteiger partial charge on any atom is 0.403 e. The Hall–Kier alpha value is -3.74. The van der Waals surface area contributed by atoms with E-state index in [9.17, 15) is 41.7 Å². The Bertz CT molecular complexity index is 1600. The van der Waals surface area contributed by atoms with Crippen molar-refractivity contribution in [3.8, 4) is 23.3 Å². The van der Waals surface area contributed by atoms with Crippen LogP contribution in [0.15, 0.2) is 47.4 Å². The highest BCUT2D eigenvalue weighted by Gasteiger charge is 2.72. The minimum atomic E-state index is -4.86. The molecular formula is C28H25F3N4O4S. The van der Waals surface area contributed by atoms with Crippen molar-refractivity contribution in [2.24, 2.45) is 5.41 Å². The number of nitrogens with one attached hydrogen (secondary N) is 1. The van der Waals surface area contributed by atoms with Crippen molar-refractivity contribution < 1.29 is 31.2 Å². The molecule has 208 valence electrons. The maximum absolute atomic E-state index is 13.7. The molecular weight excluding hydrogens is 545 g/mol. The average molecular weight is 571 g/mol. The number of imide groups is 1. The molecule has 1 saturated heterocycles. The molecule has 40 heavy (non-hydrogen) atoms. The predicted octanol–water partition coefficient (Wildman–Crippen LogP) is 3.79. The first-order chi connectivity index (χ1) is 18.8. The van der Waals surface area contributed by atoms with Gasteiger partial charge in [-0.05, 0) is 67.9 Å². The van der Waals surface area contributed by atoms with Gasteiger partial charge in [0.25, 0.3) is 0 Å². The number of sulfone groups is 1. The Balaban J connectivity index is 1.39. The molecule has 0 aromatic heterocycles. The zero-order chi connectivity index (χ0) is 29.1. The number of hydrogen-bond acceptors (Lipinski definition) is 7. The number of alkyl halides is 3. The van der Waals surface area contributed by atoms with Crippen LogP contribution in [0.5, 0.6) is 0 Å². The van der Waals surface area contributed by atoms with Crippen LogP contribution in [-0.4, -0.2) is 54.7 Å². The summed E-state index contributed by atoms with van der Waals surface area (Å²) in [6.07, 6.45) is -5.88. The van der Waals surface area contributed by atoms with Crippen molar-refractivity contribution in [1.82, 2.24) is 10.2 Å². The quantitative estimate of drug-likeness (QED) is 0.523. The van der Waals surface area contributed by atoms with Gasteiger partial charge >= 0.3 is 6.18 Å². The molecule has 1 heterocycles. The lowest BCUT2D eigenvalue weighted by Gasteiger charge is -2.32. The molecule has 2 saturated carbocycles. The second kappa shape index (κ2) is 9.43. The van der Waals surface area contributed by atoms with Gasteiger partial charge in [-0.15, -0.1) is 0 Å². The second-order valence-corrected chi connectivity index (χ2v) is 12.9. The standard InChI is InChI=1S/C28H25F3N4O4S/c1-17-12-18(21-5-3-2-4-19(21)14-32)6-7-23(17)40(38,39)20-13-22(34-15-20)24(36)35(26(16-33)8-9-26)25(37)27(10-11-27)28(29,30)31/h2-7,12,20,22,34H,8-11,13,15H2,1H3/t20-,22+/m1/s1. The van der Waals surface area contributed by atoms with Crippen LogP contribution in [-0.2, 0) is 19.4 Å². The van der Waals surface area contributed by atoms with Crippen molar-refractivity contribution in [3.63, 3.8) is 0 Å². The first-order valence-corrected chi connectivity index (χ1v) is 14.3. The second-order valence-electron chi connectivity index (χ2n) is 10.7. The molecule has 0 unspecified atom stereocenters. The van der Waals surface area contributed by atoms with Crippen LogP contribution in [0.2, 0.25) is 0 Å². The largest absolute Gasteiger partial charge is 0.403 e. The van der Waals surface area contributed by atoms with Gasteiger partial charge in [-0.25, -0.2) is 8.42 Å². The number of carbonyl (C=O) groups excluding carboxylic acids is 2. The number of nitrogens with zero attached hydrogens (tertiary/aromatic N) is 3. The molecule has 3 fully saturated rings. The topological polar surface area (TPSA) is 131 Å². The fourth-order valence-corrected chi connectivity index (χ4v) is 7.28. The summed E-state index contributed by atoms with van der Waals surface area (Å²) in [6.45, 7) is 1.47. The SMILES string of the molecule is Cc1cc(-c2ccccc2C#N)ccc1S(=O)(=O)[C@H]1CN[C@H](C(=O)N(C(=O)C2(C(F)(F)F)CC2)C2(C#N)CC2)C1. The molecule has 1 N–H and O–H groups in total. The predicted molar refractivity (Wildman–Crippen MR) is 136 cm³/mol. The molecule has 0 bridgehead atoms. The summed E-state index contributed by atoms with van der Waals surface area (Å²) >= 11 is 0. The number of carbonyl (C=O) groups is 2. The van der Waals surface area contributed by atoms with E-state index in [2.05, 4.69) is 11.4 Å². The average Bonchev–Trinajstić information content (AvgIpc) is 3.84. The van der Waals surface area contributed by atoms with Crippen molar-refractivity contribution in [2.75, 3.05) is 6.54 Å². The number of rotatable bonds is 6. The summed E-state index contributed by atoms with van der Waals surface area (Å²) < 4.78 is 68.3. The summed E-state index contributed by atoms with van der Waals surface area (Å²) in [5.74, 6) is -2.43. The highest BCUT2D eigenvalue weighted by Crippen LogP contribution is 2.60. The van der Waals surface area contributed by atoms with Crippen molar-refractivity contribution in [1.29, 1.82) is 10.5 Å². The monoisotopic (exact) mass is 570 g/mol. The molecule has 2 aromatic carbocycles. The van der Waals surface area contributed by atoms with Gasteiger partial charge in [-0.2, -0.15) is 23.7 Å². The molecule has 2 aliphatic carbocycles. The molecule has 12 heteroatoms. The van der Waals surface area contributed by atoms with Crippen LogP contribution in [0.4, 0.5) is 13.2 Å². The van der Waals surface area contributed by atoms with E-state index in [4.69, 9.17) is 0 Å². The lowest BCUT2D eigenvalue weighted by atomic mass is 9.99. The van der Waals surface area contributed by atoms with Gasteiger partial charge in [0.15, 0.2) is 9.84 Å². The van der Waals surface area contributed by atoms with Crippen LogP contribution >= 0.6 is 0 Å². The molecule has 2 aromatic rings. The third-order valence-electron chi connectivity index (χ3n) is 8.15. The Morgan fingerprint density at radius 3 is 2.30 bits per heavy atom. The minimum absolute atomic E-state index is 0.0308. The van der Waals surface area contributed by atoms with E-state index < -0.39 is 62.9 Å². The zero-order valence-electron chi connectivity index (χ0n) is 21.5. The number of aryl methyl sites for hydroxylation is 1. The fourth-order valence-electron chi connectivity index (χ4n) is 5.40. The number of nitriles is 2. The Labute approximate surface area is 229 Å². The van der Waals surface area contributed by atoms with Crippen LogP contribution in [0.3, 0.4) is 0 Å². The van der Waals surface area contributed by atoms with Crippen LogP contribution in [0.25, 0.3) is 11.1 Å². The van der Waals surface area contributed by atoms with E-state index >= 15 is 0 Å². The molecule has 0 radical (unpaired) electrons. The van der Waals surface area contributed by atoms with Crippen LogP contribution < -0.4 is 5.32 Å². The van der Waals surface area contributed by atoms with E-state index in [1.165, 1.54) is 6.07 Å². The molecule has 2 amide bonds. The summed E-state index contributed by atoms with van der Waals surface area (Å²) in [5.41, 5.74) is -2.15. The Morgan fingerprint density at radius 1 is 1.07 bits per heavy atom. The minimum Gasteiger partial charge on any atom is -0.304 e. The van der Waals surface area contributed by atoms with Gasteiger partial charge in [-0.1, -0.05) is 30.3 Å². The first kappa shape index (κ1) is 27.8. The van der Waals surface area contributed by atoms with Gasteiger partial charge < -0.3 is 5.32 Å². The van der Waals surface area contributed by atoms with Gasteiger partial charge in [0, 0.05) is 6.54 Å². The maximum atomic E-state index is 13.7. The number of benzene rings is 2. The van der Waals surface area contributed by atoms with Gasteiger partial charge in [0.1, 0.15) is 11.0 Å². The third kappa shape index (κ3) is 4.36. The van der Waals surface area contributed by atoms with Crippen molar-refractivity contribution >= 4 is 21.7 Å². The first-order valence-electron chi connectivity index (χ1n) is 12.8. The van der Waals surface area contributed by atoms with Crippen LogP contribution in [0, 0.1) is 35.0 Å². The molecule has 3 aliphatic rings. The van der Waals surface area contributed by atoms with E-state index in [-0.39, 0.29) is 30.7 Å². The normalized spacial score (nSPS) is 22.6.